The molecular formula is C16H16Cl2FNO. The van der Waals surface area contributed by atoms with E-state index in [1.165, 1.54) is 12.1 Å². The Bertz CT molecular complexity index is 661. The van der Waals surface area contributed by atoms with Crippen molar-refractivity contribution in [2.24, 2.45) is 0 Å². The number of nitrogens with one attached hydrogen (secondary N) is 1. The lowest BCUT2D eigenvalue weighted by molar-refractivity contribution is 0.416. The molecule has 0 aliphatic heterocycles. The summed E-state index contributed by atoms with van der Waals surface area (Å²) in [4.78, 5) is 0. The van der Waals surface area contributed by atoms with Gasteiger partial charge >= 0.3 is 0 Å². The maximum atomic E-state index is 13.6. The highest BCUT2D eigenvalue weighted by Gasteiger charge is 2.18. The van der Waals surface area contributed by atoms with Crippen molar-refractivity contribution in [1.82, 2.24) is 0 Å². The number of ether oxygens (including phenoxy) is 1. The van der Waals surface area contributed by atoms with Crippen molar-refractivity contribution in [2.45, 2.75) is 19.9 Å². The Morgan fingerprint density at radius 2 is 1.90 bits per heavy atom. The first-order valence-corrected chi connectivity index (χ1v) is 7.24. The molecule has 1 N–H and O–H groups in total. The van der Waals surface area contributed by atoms with Crippen LogP contribution < -0.4 is 10.1 Å². The average Bonchev–Trinajstić information content (AvgIpc) is 2.45. The molecule has 0 aliphatic carbocycles. The van der Waals surface area contributed by atoms with Crippen LogP contribution in [0.15, 0.2) is 30.3 Å². The van der Waals surface area contributed by atoms with Gasteiger partial charge in [0.2, 0.25) is 0 Å². The van der Waals surface area contributed by atoms with E-state index in [-0.39, 0.29) is 11.1 Å². The minimum absolute atomic E-state index is 0.0357. The Balaban J connectivity index is 2.35. The van der Waals surface area contributed by atoms with E-state index in [4.69, 9.17) is 27.9 Å². The Kier molecular flexibility index (Phi) is 4.96. The van der Waals surface area contributed by atoms with Crippen molar-refractivity contribution in [2.75, 3.05) is 12.4 Å². The second kappa shape index (κ2) is 6.54. The van der Waals surface area contributed by atoms with Crippen LogP contribution in [0.3, 0.4) is 0 Å². The van der Waals surface area contributed by atoms with Crippen molar-refractivity contribution in [3.63, 3.8) is 0 Å². The second-order valence-corrected chi connectivity index (χ2v) is 5.61. The number of hydrogen-bond donors (Lipinski definition) is 1. The van der Waals surface area contributed by atoms with Gasteiger partial charge in [0.25, 0.3) is 0 Å². The highest BCUT2D eigenvalue weighted by molar-refractivity contribution is 6.36. The van der Waals surface area contributed by atoms with Gasteiger partial charge in [-0.3, -0.25) is 0 Å². The Morgan fingerprint density at radius 3 is 2.57 bits per heavy atom. The van der Waals surface area contributed by atoms with Crippen LogP contribution in [-0.4, -0.2) is 7.11 Å². The molecule has 0 saturated heterocycles. The molecule has 0 heterocycles. The van der Waals surface area contributed by atoms with Crippen LogP contribution in [-0.2, 0) is 0 Å². The maximum absolute atomic E-state index is 13.6. The molecule has 112 valence electrons. The molecule has 5 heteroatoms. The molecule has 21 heavy (non-hydrogen) atoms. The normalized spacial score (nSPS) is 12.1. The lowest BCUT2D eigenvalue weighted by Gasteiger charge is -2.20. The molecule has 0 saturated carbocycles. The molecule has 2 rings (SSSR count). The van der Waals surface area contributed by atoms with E-state index in [9.17, 15) is 4.39 Å². The van der Waals surface area contributed by atoms with Crippen molar-refractivity contribution in [3.05, 3.63) is 57.3 Å². The maximum Gasteiger partial charge on any atom is 0.142 e. The predicted molar refractivity (Wildman–Crippen MR) is 86.2 cm³/mol. The van der Waals surface area contributed by atoms with Crippen molar-refractivity contribution >= 4 is 28.9 Å². The molecule has 0 bridgehead atoms. The fraction of sp³-hybridized carbons (Fsp3) is 0.250. The molecule has 0 amide bonds. The van der Waals surface area contributed by atoms with Gasteiger partial charge in [-0.1, -0.05) is 29.3 Å². The molecule has 0 aromatic heterocycles. The third-order valence-corrected chi connectivity index (χ3v) is 3.96. The van der Waals surface area contributed by atoms with Gasteiger partial charge in [-0.15, -0.1) is 0 Å². The standard InChI is InChI=1S/C16H16Cl2FNO/c1-9-4-7-13(14(8-9)21-3)20-10(2)15-11(17)5-6-12(19)16(15)18/h4-8,10,20H,1-3H3. The van der Waals surface area contributed by atoms with Gasteiger partial charge in [-0.05, 0) is 43.7 Å². The first-order chi connectivity index (χ1) is 9.93. The number of halogens is 3. The summed E-state index contributed by atoms with van der Waals surface area (Å²) in [7, 11) is 1.60. The van der Waals surface area contributed by atoms with E-state index in [1.807, 2.05) is 32.0 Å². The van der Waals surface area contributed by atoms with Gasteiger partial charge in [0.15, 0.2) is 0 Å². The largest absolute Gasteiger partial charge is 0.495 e. The lowest BCUT2D eigenvalue weighted by Crippen LogP contribution is -2.09. The minimum atomic E-state index is -0.486. The number of anilines is 1. The van der Waals surface area contributed by atoms with Gasteiger partial charge in [0.1, 0.15) is 11.6 Å². The zero-order valence-electron chi connectivity index (χ0n) is 12.0. The third-order valence-electron chi connectivity index (χ3n) is 3.24. The summed E-state index contributed by atoms with van der Waals surface area (Å²) in [5.41, 5.74) is 2.42. The van der Waals surface area contributed by atoms with Gasteiger partial charge in [0.05, 0.1) is 23.9 Å². The van der Waals surface area contributed by atoms with E-state index in [1.54, 1.807) is 7.11 Å². The molecular weight excluding hydrogens is 312 g/mol. The van der Waals surface area contributed by atoms with E-state index < -0.39 is 5.82 Å². The van der Waals surface area contributed by atoms with Crippen LogP contribution in [0.25, 0.3) is 0 Å². The predicted octanol–water partition coefficient (Wildman–Crippen LogP) is 5.62. The summed E-state index contributed by atoms with van der Waals surface area (Å²) in [6, 6.07) is 8.29. The minimum Gasteiger partial charge on any atom is -0.495 e. The smallest absolute Gasteiger partial charge is 0.142 e. The molecule has 0 spiro atoms. The number of rotatable bonds is 4. The monoisotopic (exact) mass is 327 g/mol. The first-order valence-electron chi connectivity index (χ1n) is 6.48. The van der Waals surface area contributed by atoms with Crippen LogP contribution in [0.4, 0.5) is 10.1 Å². The number of methoxy groups -OCH3 is 1. The van der Waals surface area contributed by atoms with Crippen LogP contribution in [0, 0.1) is 12.7 Å². The summed E-state index contributed by atoms with van der Waals surface area (Å²) in [5.74, 6) is 0.228. The quantitative estimate of drug-likeness (QED) is 0.735. The molecule has 2 aromatic rings. The topological polar surface area (TPSA) is 21.3 Å². The molecule has 0 radical (unpaired) electrons. The highest BCUT2D eigenvalue weighted by Crippen LogP contribution is 2.36. The Morgan fingerprint density at radius 1 is 1.19 bits per heavy atom. The van der Waals surface area contributed by atoms with E-state index in [2.05, 4.69) is 5.32 Å². The molecule has 0 fully saturated rings. The van der Waals surface area contributed by atoms with E-state index in [0.29, 0.717) is 16.3 Å². The van der Waals surface area contributed by atoms with Crippen molar-refractivity contribution in [1.29, 1.82) is 0 Å². The first kappa shape index (κ1) is 15.9. The number of benzene rings is 2. The summed E-state index contributed by atoms with van der Waals surface area (Å²) < 4.78 is 19.0. The summed E-state index contributed by atoms with van der Waals surface area (Å²) in [6.45, 7) is 3.85. The second-order valence-electron chi connectivity index (χ2n) is 4.83. The average molecular weight is 328 g/mol. The lowest BCUT2D eigenvalue weighted by atomic mass is 10.1. The van der Waals surface area contributed by atoms with E-state index in [0.717, 1.165) is 11.3 Å². The molecule has 1 atom stereocenters. The number of hydrogen-bond acceptors (Lipinski definition) is 2. The van der Waals surface area contributed by atoms with E-state index >= 15 is 0 Å². The third kappa shape index (κ3) is 3.42. The zero-order chi connectivity index (χ0) is 15.6. The highest BCUT2D eigenvalue weighted by atomic mass is 35.5. The number of aryl methyl sites for hydroxylation is 1. The Hall–Kier alpha value is -1.45. The van der Waals surface area contributed by atoms with Crippen LogP contribution >= 0.6 is 23.2 Å². The fourth-order valence-electron chi connectivity index (χ4n) is 2.16. The molecule has 2 aromatic carbocycles. The van der Waals surface area contributed by atoms with Gasteiger partial charge in [-0.2, -0.15) is 0 Å². The molecule has 1 unspecified atom stereocenters. The van der Waals surface area contributed by atoms with Crippen LogP contribution in [0.1, 0.15) is 24.1 Å². The van der Waals surface area contributed by atoms with Crippen LogP contribution in [0.5, 0.6) is 5.75 Å². The van der Waals surface area contributed by atoms with Crippen molar-refractivity contribution < 1.29 is 9.13 Å². The summed E-state index contributed by atoms with van der Waals surface area (Å²) >= 11 is 12.2. The fourth-order valence-corrected chi connectivity index (χ4v) is 2.86. The molecule has 2 nitrogen and oxygen atoms in total. The summed E-state index contributed by atoms with van der Waals surface area (Å²) in [6.07, 6.45) is 0. The Labute approximate surface area is 133 Å². The summed E-state index contributed by atoms with van der Waals surface area (Å²) in [5, 5.41) is 3.71. The van der Waals surface area contributed by atoms with Gasteiger partial charge in [0, 0.05) is 10.6 Å². The zero-order valence-corrected chi connectivity index (χ0v) is 13.5. The molecule has 0 aliphatic rings. The van der Waals surface area contributed by atoms with Crippen molar-refractivity contribution in [3.8, 4) is 5.75 Å². The van der Waals surface area contributed by atoms with Gasteiger partial charge < -0.3 is 10.1 Å². The van der Waals surface area contributed by atoms with Gasteiger partial charge in [-0.25, -0.2) is 4.39 Å². The van der Waals surface area contributed by atoms with Crippen LogP contribution in [0.2, 0.25) is 10.0 Å². The SMILES string of the molecule is COc1cc(C)ccc1NC(C)c1c(Cl)ccc(F)c1Cl.